The third kappa shape index (κ3) is 4.10. The number of alkyl carbamates (subject to hydrolysis) is 1. The molecule has 1 heterocycles. The zero-order valence-corrected chi connectivity index (χ0v) is 10.4. The molecule has 1 aromatic carbocycles. The van der Waals surface area contributed by atoms with E-state index in [0.717, 1.165) is 5.56 Å². The number of carbonyl (C=O) groups excluding carboxylic acids is 1. The Morgan fingerprint density at radius 3 is 2.89 bits per heavy atom. The van der Waals surface area contributed by atoms with Crippen LogP contribution >= 0.6 is 0 Å². The van der Waals surface area contributed by atoms with Crippen LogP contribution in [0.3, 0.4) is 0 Å². The van der Waals surface area contributed by atoms with Crippen LogP contribution in [-0.4, -0.2) is 29.6 Å². The van der Waals surface area contributed by atoms with Crippen molar-refractivity contribution in [1.29, 1.82) is 0 Å². The largest absolute Gasteiger partial charge is 0.445 e. The Morgan fingerprint density at radius 1 is 1.44 bits per heavy atom. The number of carbonyl (C=O) groups is 1. The van der Waals surface area contributed by atoms with Crippen LogP contribution in [0.5, 0.6) is 0 Å². The molecule has 6 nitrogen and oxygen atoms in total. The SMILES string of the molecule is O=C(NCC1CO[S@@](=O)O1)OCc1ccccc1. The highest BCUT2D eigenvalue weighted by atomic mass is 32.2. The van der Waals surface area contributed by atoms with Crippen molar-refractivity contribution in [2.45, 2.75) is 12.7 Å². The monoisotopic (exact) mass is 271 g/mol. The zero-order valence-electron chi connectivity index (χ0n) is 9.53. The molecule has 18 heavy (non-hydrogen) atoms. The van der Waals surface area contributed by atoms with Gasteiger partial charge in [-0.2, -0.15) is 4.21 Å². The van der Waals surface area contributed by atoms with Crippen LogP contribution in [0.25, 0.3) is 0 Å². The van der Waals surface area contributed by atoms with E-state index in [2.05, 4.69) is 9.50 Å². The average Bonchev–Trinajstić information content (AvgIpc) is 2.81. The quantitative estimate of drug-likeness (QED) is 0.881. The first kappa shape index (κ1) is 13.0. The van der Waals surface area contributed by atoms with Crippen molar-refractivity contribution in [3.8, 4) is 0 Å². The topological polar surface area (TPSA) is 73.9 Å². The summed E-state index contributed by atoms with van der Waals surface area (Å²) in [5, 5.41) is 2.51. The maximum Gasteiger partial charge on any atom is 0.407 e. The summed E-state index contributed by atoms with van der Waals surface area (Å²) in [5.74, 6) is 0. The molecule has 0 aliphatic carbocycles. The molecule has 1 unspecified atom stereocenters. The second-order valence-electron chi connectivity index (χ2n) is 3.65. The van der Waals surface area contributed by atoms with Gasteiger partial charge in [-0.3, -0.25) is 8.37 Å². The highest BCUT2D eigenvalue weighted by molar-refractivity contribution is 7.75. The minimum Gasteiger partial charge on any atom is -0.445 e. The fraction of sp³-hybridized carbons (Fsp3) is 0.364. The summed E-state index contributed by atoms with van der Waals surface area (Å²) in [5.41, 5.74) is 0.911. The fourth-order valence-electron chi connectivity index (χ4n) is 1.36. The Bertz CT molecular complexity index is 425. The number of hydrogen-bond acceptors (Lipinski definition) is 5. The highest BCUT2D eigenvalue weighted by Gasteiger charge is 2.23. The van der Waals surface area contributed by atoms with Crippen molar-refractivity contribution >= 4 is 17.5 Å². The zero-order chi connectivity index (χ0) is 12.8. The van der Waals surface area contributed by atoms with E-state index in [-0.39, 0.29) is 19.8 Å². The van der Waals surface area contributed by atoms with Crippen LogP contribution in [0.1, 0.15) is 5.56 Å². The Morgan fingerprint density at radius 2 is 2.22 bits per heavy atom. The molecule has 0 aromatic heterocycles. The van der Waals surface area contributed by atoms with Gasteiger partial charge < -0.3 is 10.1 Å². The Balaban J connectivity index is 1.65. The lowest BCUT2D eigenvalue weighted by molar-refractivity contribution is 0.133. The first-order valence-corrected chi connectivity index (χ1v) is 6.41. The van der Waals surface area contributed by atoms with E-state index < -0.39 is 23.6 Å². The summed E-state index contributed by atoms with van der Waals surface area (Å²) >= 11 is -1.69. The third-order valence-corrected chi connectivity index (χ3v) is 3.01. The molecule has 0 spiro atoms. The molecule has 7 heteroatoms. The predicted molar refractivity (Wildman–Crippen MR) is 63.6 cm³/mol. The Hall–Kier alpha value is -1.44. The number of hydrogen-bond donors (Lipinski definition) is 1. The van der Waals surface area contributed by atoms with E-state index in [1.54, 1.807) is 0 Å². The molecule has 0 saturated carbocycles. The molecular formula is C11H13NO5S. The van der Waals surface area contributed by atoms with E-state index in [0.29, 0.717) is 0 Å². The van der Waals surface area contributed by atoms with E-state index in [4.69, 9.17) is 8.92 Å². The van der Waals surface area contributed by atoms with Gasteiger partial charge in [-0.05, 0) is 5.56 Å². The average molecular weight is 271 g/mol. The van der Waals surface area contributed by atoms with Crippen molar-refractivity contribution in [3.05, 3.63) is 35.9 Å². The van der Waals surface area contributed by atoms with Crippen LogP contribution in [0, 0.1) is 0 Å². The lowest BCUT2D eigenvalue weighted by Gasteiger charge is -2.09. The molecule has 1 N–H and O–H groups in total. The number of ether oxygens (including phenoxy) is 1. The number of benzene rings is 1. The van der Waals surface area contributed by atoms with Gasteiger partial charge in [0.1, 0.15) is 12.7 Å². The molecule has 1 aromatic rings. The van der Waals surface area contributed by atoms with E-state index in [9.17, 15) is 9.00 Å². The fourth-order valence-corrected chi connectivity index (χ4v) is 2.03. The second kappa shape index (κ2) is 6.48. The smallest absolute Gasteiger partial charge is 0.407 e. The van der Waals surface area contributed by atoms with Crippen LogP contribution < -0.4 is 5.32 Å². The van der Waals surface area contributed by atoms with Gasteiger partial charge in [0.2, 0.25) is 0 Å². The summed E-state index contributed by atoms with van der Waals surface area (Å²) in [6.07, 6.45) is -0.935. The summed E-state index contributed by atoms with van der Waals surface area (Å²) in [7, 11) is 0. The van der Waals surface area contributed by atoms with Crippen LogP contribution in [-0.2, 0) is 31.1 Å². The molecule has 98 valence electrons. The standard InChI is InChI=1S/C11H13NO5S/c13-11(12-6-10-8-16-18(14)17-10)15-7-9-4-2-1-3-5-9/h1-5,10H,6-8H2,(H,12,13)/t10?,18-/m1/s1. The lowest BCUT2D eigenvalue weighted by atomic mass is 10.2. The van der Waals surface area contributed by atoms with E-state index in [1.165, 1.54) is 0 Å². The van der Waals surface area contributed by atoms with E-state index in [1.807, 2.05) is 30.3 Å². The van der Waals surface area contributed by atoms with Crippen molar-refractivity contribution in [1.82, 2.24) is 5.32 Å². The van der Waals surface area contributed by atoms with Gasteiger partial charge in [-0.1, -0.05) is 30.3 Å². The first-order valence-electron chi connectivity index (χ1n) is 5.41. The van der Waals surface area contributed by atoms with Crippen LogP contribution in [0.15, 0.2) is 30.3 Å². The Labute approximate surface area is 107 Å². The maximum atomic E-state index is 11.3. The molecule has 0 bridgehead atoms. The number of rotatable bonds is 4. The van der Waals surface area contributed by atoms with E-state index >= 15 is 0 Å². The molecule has 1 aliphatic heterocycles. The molecule has 2 atom stereocenters. The van der Waals surface area contributed by atoms with Crippen molar-refractivity contribution in [2.75, 3.05) is 13.2 Å². The van der Waals surface area contributed by atoms with Crippen LogP contribution in [0.2, 0.25) is 0 Å². The summed E-state index contributed by atoms with van der Waals surface area (Å²) in [4.78, 5) is 11.3. The third-order valence-electron chi connectivity index (χ3n) is 2.25. The predicted octanol–water partition coefficient (Wildman–Crippen LogP) is 0.907. The lowest BCUT2D eigenvalue weighted by Crippen LogP contribution is -2.33. The molecule has 1 fully saturated rings. The van der Waals surface area contributed by atoms with Gasteiger partial charge in [0.25, 0.3) is 0 Å². The van der Waals surface area contributed by atoms with Gasteiger partial charge >= 0.3 is 17.5 Å². The van der Waals surface area contributed by atoms with Gasteiger partial charge in [0, 0.05) is 0 Å². The van der Waals surface area contributed by atoms with Gasteiger partial charge in [-0.25, -0.2) is 4.79 Å². The molecule has 1 saturated heterocycles. The van der Waals surface area contributed by atoms with Crippen molar-refractivity contribution < 1.29 is 22.1 Å². The molecular weight excluding hydrogens is 258 g/mol. The minimum absolute atomic E-state index is 0.200. The summed E-state index contributed by atoms with van der Waals surface area (Å²) in [6.45, 7) is 0.617. The number of nitrogens with one attached hydrogen (secondary N) is 1. The number of amides is 1. The Kier molecular flexibility index (Phi) is 4.68. The van der Waals surface area contributed by atoms with Crippen molar-refractivity contribution in [3.63, 3.8) is 0 Å². The maximum absolute atomic E-state index is 11.3. The normalized spacial score (nSPS) is 22.7. The first-order chi connectivity index (χ1) is 8.74. The second-order valence-corrected chi connectivity index (χ2v) is 4.49. The molecule has 2 rings (SSSR count). The van der Waals surface area contributed by atoms with Gasteiger partial charge in [0.15, 0.2) is 0 Å². The summed E-state index contributed by atoms with van der Waals surface area (Å²) in [6, 6.07) is 9.36. The highest BCUT2D eigenvalue weighted by Crippen LogP contribution is 2.07. The van der Waals surface area contributed by atoms with Crippen LogP contribution in [0.4, 0.5) is 4.79 Å². The minimum atomic E-state index is -1.69. The summed E-state index contributed by atoms with van der Waals surface area (Å²) < 4.78 is 25.3. The molecule has 1 amide bonds. The van der Waals surface area contributed by atoms with Gasteiger partial charge in [0.05, 0.1) is 13.2 Å². The molecule has 0 radical (unpaired) electrons. The molecule has 1 aliphatic rings. The van der Waals surface area contributed by atoms with Crippen molar-refractivity contribution in [2.24, 2.45) is 0 Å². The van der Waals surface area contributed by atoms with Gasteiger partial charge in [-0.15, -0.1) is 0 Å².